The van der Waals surface area contributed by atoms with Crippen LogP contribution in [0.5, 0.6) is 0 Å². The lowest BCUT2D eigenvalue weighted by Gasteiger charge is -2.29. The highest BCUT2D eigenvalue weighted by Gasteiger charge is 2.23. The molecule has 0 aromatic heterocycles. The fraction of sp³-hybridized carbons (Fsp3) is 0.538. The zero-order chi connectivity index (χ0) is 11.1. The molecule has 0 saturated carbocycles. The molecule has 0 heterocycles. The number of nitrogens with one attached hydrogen (secondary N) is 1. The average Bonchev–Trinajstić information content (AvgIpc) is 2.30. The first-order valence-electron chi connectivity index (χ1n) is 5.64. The Balaban J connectivity index is 2.67. The van der Waals surface area contributed by atoms with Crippen LogP contribution in [0.4, 0.5) is 0 Å². The minimum atomic E-state index is -0.309. The van der Waals surface area contributed by atoms with Gasteiger partial charge >= 0.3 is 0 Å². The van der Waals surface area contributed by atoms with E-state index < -0.39 is 0 Å². The number of benzene rings is 1. The molecular weight excluding hydrogens is 186 g/mol. The Morgan fingerprint density at radius 1 is 1.27 bits per heavy atom. The van der Waals surface area contributed by atoms with Gasteiger partial charge in [0.25, 0.3) is 0 Å². The summed E-state index contributed by atoms with van der Waals surface area (Å²) in [6.07, 6.45) is 2.31. The summed E-state index contributed by atoms with van der Waals surface area (Å²) >= 11 is 0. The molecule has 2 N–H and O–H groups in total. The maximum Gasteiger partial charge on any atom is 0.0652 e. The third kappa shape index (κ3) is 3.33. The normalized spacial score (nSPS) is 14.9. The summed E-state index contributed by atoms with van der Waals surface area (Å²) in [7, 11) is 0. The van der Waals surface area contributed by atoms with Crippen molar-refractivity contribution < 1.29 is 5.11 Å². The summed E-state index contributed by atoms with van der Waals surface area (Å²) in [5.74, 6) is 0. The minimum Gasteiger partial charge on any atom is -0.394 e. The molecule has 1 rings (SSSR count). The maximum atomic E-state index is 9.48. The van der Waals surface area contributed by atoms with Crippen LogP contribution in [-0.2, 0) is 5.54 Å². The first kappa shape index (κ1) is 12.2. The van der Waals surface area contributed by atoms with Crippen LogP contribution in [-0.4, -0.2) is 18.3 Å². The van der Waals surface area contributed by atoms with Gasteiger partial charge in [0.2, 0.25) is 0 Å². The third-order valence-corrected chi connectivity index (χ3v) is 2.77. The molecule has 0 aliphatic rings. The zero-order valence-electron chi connectivity index (χ0n) is 9.66. The number of hydrogen-bond acceptors (Lipinski definition) is 2. The Kier molecular flexibility index (Phi) is 4.79. The van der Waals surface area contributed by atoms with Crippen LogP contribution in [0.25, 0.3) is 0 Å². The Morgan fingerprint density at radius 3 is 2.47 bits per heavy atom. The molecule has 0 saturated heterocycles. The fourth-order valence-electron chi connectivity index (χ4n) is 1.60. The van der Waals surface area contributed by atoms with E-state index in [0.717, 1.165) is 18.5 Å². The summed E-state index contributed by atoms with van der Waals surface area (Å²) in [5, 5.41) is 12.9. The standard InChI is InChI=1S/C13H21NO/c1-3-4-10-14-13(2,11-15)12-8-6-5-7-9-12/h5-9,14-15H,3-4,10-11H2,1-2H3. The molecule has 1 aromatic carbocycles. The first-order chi connectivity index (χ1) is 7.23. The smallest absolute Gasteiger partial charge is 0.0652 e. The van der Waals surface area contributed by atoms with Crippen molar-refractivity contribution in [3.05, 3.63) is 35.9 Å². The first-order valence-corrected chi connectivity index (χ1v) is 5.64. The van der Waals surface area contributed by atoms with E-state index in [2.05, 4.69) is 24.4 Å². The highest BCUT2D eigenvalue weighted by Crippen LogP contribution is 2.19. The van der Waals surface area contributed by atoms with Crippen LogP contribution >= 0.6 is 0 Å². The molecule has 1 aromatic rings. The van der Waals surface area contributed by atoms with Gasteiger partial charge in [-0.3, -0.25) is 0 Å². The van der Waals surface area contributed by atoms with Gasteiger partial charge < -0.3 is 10.4 Å². The summed E-state index contributed by atoms with van der Waals surface area (Å²) < 4.78 is 0. The highest BCUT2D eigenvalue weighted by molar-refractivity contribution is 5.23. The van der Waals surface area contributed by atoms with Gasteiger partial charge in [0, 0.05) is 0 Å². The van der Waals surface area contributed by atoms with Crippen LogP contribution < -0.4 is 5.32 Å². The van der Waals surface area contributed by atoms with Gasteiger partial charge in [-0.2, -0.15) is 0 Å². The molecule has 2 heteroatoms. The van der Waals surface area contributed by atoms with Crippen molar-refractivity contribution >= 4 is 0 Å². The molecular formula is C13H21NO. The highest BCUT2D eigenvalue weighted by atomic mass is 16.3. The molecule has 0 spiro atoms. The van der Waals surface area contributed by atoms with Crippen molar-refractivity contribution in [3.8, 4) is 0 Å². The van der Waals surface area contributed by atoms with Gasteiger partial charge in [0.05, 0.1) is 12.1 Å². The second-order valence-corrected chi connectivity index (χ2v) is 4.14. The molecule has 0 radical (unpaired) electrons. The van der Waals surface area contributed by atoms with Gasteiger partial charge in [-0.15, -0.1) is 0 Å². The predicted octanol–water partition coefficient (Wildman–Crippen LogP) is 2.28. The third-order valence-electron chi connectivity index (χ3n) is 2.77. The Labute approximate surface area is 92.3 Å². The molecule has 0 aliphatic carbocycles. The van der Waals surface area contributed by atoms with E-state index in [9.17, 15) is 5.11 Å². The number of rotatable bonds is 6. The largest absolute Gasteiger partial charge is 0.394 e. The van der Waals surface area contributed by atoms with Crippen molar-refractivity contribution in [1.82, 2.24) is 5.32 Å². The second kappa shape index (κ2) is 5.89. The van der Waals surface area contributed by atoms with Crippen LogP contribution in [0.3, 0.4) is 0 Å². The summed E-state index contributed by atoms with van der Waals surface area (Å²) in [6.45, 7) is 5.28. The lowest BCUT2D eigenvalue weighted by atomic mass is 9.93. The van der Waals surface area contributed by atoms with E-state index in [1.54, 1.807) is 0 Å². The van der Waals surface area contributed by atoms with Crippen LogP contribution in [0, 0.1) is 0 Å². The van der Waals surface area contributed by atoms with Crippen LogP contribution in [0.1, 0.15) is 32.3 Å². The van der Waals surface area contributed by atoms with Crippen molar-refractivity contribution in [2.75, 3.05) is 13.2 Å². The summed E-state index contributed by atoms with van der Waals surface area (Å²) in [6, 6.07) is 10.1. The lowest BCUT2D eigenvalue weighted by Crippen LogP contribution is -2.43. The van der Waals surface area contributed by atoms with E-state index in [0.29, 0.717) is 0 Å². The van der Waals surface area contributed by atoms with Crippen molar-refractivity contribution in [3.63, 3.8) is 0 Å². The van der Waals surface area contributed by atoms with E-state index in [1.165, 1.54) is 6.42 Å². The Bertz CT molecular complexity index is 273. The number of aliphatic hydroxyl groups is 1. The lowest BCUT2D eigenvalue weighted by molar-refractivity contribution is 0.175. The molecule has 1 atom stereocenters. The van der Waals surface area contributed by atoms with Gasteiger partial charge in [-0.1, -0.05) is 43.7 Å². The Hall–Kier alpha value is -0.860. The molecule has 1 unspecified atom stereocenters. The summed E-state index contributed by atoms with van der Waals surface area (Å²) in [4.78, 5) is 0. The van der Waals surface area contributed by atoms with Gasteiger partial charge in [-0.25, -0.2) is 0 Å². The maximum absolute atomic E-state index is 9.48. The molecule has 84 valence electrons. The molecule has 0 bridgehead atoms. The van der Waals surface area contributed by atoms with E-state index in [4.69, 9.17) is 0 Å². The SMILES string of the molecule is CCCCNC(C)(CO)c1ccccc1. The predicted molar refractivity (Wildman–Crippen MR) is 63.8 cm³/mol. The van der Waals surface area contributed by atoms with Crippen molar-refractivity contribution in [1.29, 1.82) is 0 Å². The molecule has 0 fully saturated rings. The monoisotopic (exact) mass is 207 g/mol. The number of aliphatic hydroxyl groups excluding tert-OH is 1. The van der Waals surface area contributed by atoms with E-state index >= 15 is 0 Å². The fourth-order valence-corrected chi connectivity index (χ4v) is 1.60. The van der Waals surface area contributed by atoms with Crippen LogP contribution in [0.2, 0.25) is 0 Å². The average molecular weight is 207 g/mol. The Morgan fingerprint density at radius 2 is 1.93 bits per heavy atom. The second-order valence-electron chi connectivity index (χ2n) is 4.14. The topological polar surface area (TPSA) is 32.3 Å². The molecule has 15 heavy (non-hydrogen) atoms. The van der Waals surface area contributed by atoms with Crippen molar-refractivity contribution in [2.24, 2.45) is 0 Å². The zero-order valence-corrected chi connectivity index (χ0v) is 9.66. The number of hydrogen-bond donors (Lipinski definition) is 2. The summed E-state index contributed by atoms with van der Waals surface area (Å²) in [5.41, 5.74) is 0.833. The van der Waals surface area contributed by atoms with E-state index in [-0.39, 0.29) is 12.1 Å². The molecule has 2 nitrogen and oxygen atoms in total. The van der Waals surface area contributed by atoms with Crippen molar-refractivity contribution in [2.45, 2.75) is 32.2 Å². The van der Waals surface area contributed by atoms with Gasteiger partial charge in [-0.05, 0) is 25.5 Å². The van der Waals surface area contributed by atoms with Crippen LogP contribution in [0.15, 0.2) is 30.3 Å². The minimum absolute atomic E-state index is 0.126. The number of unbranched alkanes of at least 4 members (excludes halogenated alkanes) is 1. The van der Waals surface area contributed by atoms with Gasteiger partial charge in [0.15, 0.2) is 0 Å². The van der Waals surface area contributed by atoms with E-state index in [1.807, 2.05) is 25.1 Å². The molecule has 0 aliphatic heterocycles. The molecule has 0 amide bonds. The quantitative estimate of drug-likeness (QED) is 0.701. The van der Waals surface area contributed by atoms with Gasteiger partial charge in [0.1, 0.15) is 0 Å².